The van der Waals surface area contributed by atoms with Gasteiger partial charge in [0.2, 0.25) is 0 Å². The number of rotatable bonds is 7. The second-order valence-corrected chi connectivity index (χ2v) is 5.57. The number of likely N-dealkylation sites (N-methyl/N-ethyl adjacent to an activating group) is 1. The first-order chi connectivity index (χ1) is 10.3. The third-order valence-corrected chi connectivity index (χ3v) is 4.00. The molecule has 0 aliphatic heterocycles. The second-order valence-electron chi connectivity index (χ2n) is 5.57. The number of nitrogens with one attached hydrogen (secondary N) is 2. The van der Waals surface area contributed by atoms with Crippen molar-refractivity contribution in [2.45, 2.75) is 32.4 Å². The Balaban J connectivity index is 1.56. The molecule has 21 heavy (non-hydrogen) atoms. The third kappa shape index (κ3) is 3.49. The highest BCUT2D eigenvalue weighted by Crippen LogP contribution is 2.25. The number of nitrogens with zero attached hydrogens (tertiary/aromatic N) is 2. The highest BCUT2D eigenvalue weighted by molar-refractivity contribution is 5.77. The van der Waals surface area contributed by atoms with Crippen LogP contribution in [0, 0.1) is 0 Å². The van der Waals surface area contributed by atoms with E-state index in [0.717, 1.165) is 31.2 Å². The van der Waals surface area contributed by atoms with E-state index in [9.17, 15) is 4.79 Å². The lowest BCUT2D eigenvalue weighted by atomic mass is 10.2. The Hall–Kier alpha value is -1.72. The van der Waals surface area contributed by atoms with Gasteiger partial charge >= 0.3 is 0 Å². The van der Waals surface area contributed by atoms with E-state index in [1.807, 2.05) is 18.2 Å². The van der Waals surface area contributed by atoms with E-state index < -0.39 is 0 Å². The van der Waals surface area contributed by atoms with Gasteiger partial charge in [0.05, 0.1) is 17.4 Å². The zero-order valence-electron chi connectivity index (χ0n) is 12.4. The fourth-order valence-electron chi connectivity index (χ4n) is 2.69. The monoisotopic (exact) mass is 286 g/mol. The summed E-state index contributed by atoms with van der Waals surface area (Å²) in [5.74, 6) is 0.702. The van der Waals surface area contributed by atoms with Gasteiger partial charge in [-0.1, -0.05) is 19.1 Å². The van der Waals surface area contributed by atoms with E-state index in [1.165, 1.54) is 12.8 Å². The van der Waals surface area contributed by atoms with Crippen LogP contribution in [0.15, 0.2) is 29.1 Å². The van der Waals surface area contributed by atoms with Crippen molar-refractivity contribution in [3.63, 3.8) is 0 Å². The van der Waals surface area contributed by atoms with Gasteiger partial charge in [-0.2, -0.15) is 0 Å². The lowest BCUT2D eigenvalue weighted by molar-refractivity contribution is 0.276. The molecule has 0 bridgehead atoms. The average Bonchev–Trinajstić information content (AvgIpc) is 3.32. The van der Waals surface area contributed by atoms with Gasteiger partial charge in [-0.25, -0.2) is 4.98 Å². The van der Waals surface area contributed by atoms with Gasteiger partial charge in [0.15, 0.2) is 0 Å². The molecule has 1 aromatic heterocycles. The van der Waals surface area contributed by atoms with E-state index in [2.05, 4.69) is 27.1 Å². The van der Waals surface area contributed by atoms with Gasteiger partial charge in [0, 0.05) is 19.1 Å². The van der Waals surface area contributed by atoms with Crippen molar-refractivity contribution in [3.8, 4) is 0 Å². The molecule has 3 rings (SSSR count). The summed E-state index contributed by atoms with van der Waals surface area (Å²) in [6.07, 6.45) is 2.68. The maximum absolute atomic E-state index is 12.0. The average molecular weight is 286 g/mol. The summed E-state index contributed by atoms with van der Waals surface area (Å²) >= 11 is 0. The number of hydrogen-bond acceptors (Lipinski definition) is 4. The first-order valence-corrected chi connectivity index (χ1v) is 7.70. The smallest absolute Gasteiger partial charge is 0.258 e. The highest BCUT2D eigenvalue weighted by Gasteiger charge is 2.26. The minimum absolute atomic E-state index is 0.0643. The van der Waals surface area contributed by atoms with Gasteiger partial charge < -0.3 is 10.3 Å². The number of aromatic amines is 1. The summed E-state index contributed by atoms with van der Waals surface area (Å²) in [5, 5.41) is 4.01. The number of fused-ring (bicyclic) bond motifs is 1. The summed E-state index contributed by atoms with van der Waals surface area (Å²) in [5.41, 5.74) is 0.691. The summed E-state index contributed by atoms with van der Waals surface area (Å²) in [4.78, 5) is 21.8. The van der Waals surface area contributed by atoms with Crippen LogP contribution in [-0.4, -0.2) is 40.5 Å². The number of para-hydroxylation sites is 1. The minimum atomic E-state index is -0.0643. The van der Waals surface area contributed by atoms with Crippen molar-refractivity contribution in [1.82, 2.24) is 20.2 Å². The molecule has 1 fully saturated rings. The van der Waals surface area contributed by atoms with Gasteiger partial charge in [-0.15, -0.1) is 0 Å². The lowest BCUT2D eigenvalue weighted by Gasteiger charge is -2.19. The van der Waals surface area contributed by atoms with Crippen LogP contribution >= 0.6 is 0 Å². The number of aromatic nitrogens is 2. The summed E-state index contributed by atoms with van der Waals surface area (Å²) in [6, 6.07) is 8.23. The molecule has 0 radical (unpaired) electrons. The standard InChI is InChI=1S/C16H22N4O/c1-2-20(12-7-8-12)10-9-17-11-15-18-14-6-4-3-5-13(14)16(21)19-15/h3-6,12,17H,2,7-11H2,1H3,(H,18,19,21). The molecule has 5 heteroatoms. The molecule has 1 aliphatic rings. The minimum Gasteiger partial charge on any atom is -0.309 e. The zero-order chi connectivity index (χ0) is 14.7. The maximum atomic E-state index is 12.0. The van der Waals surface area contributed by atoms with Crippen LogP contribution in [0.2, 0.25) is 0 Å². The lowest BCUT2D eigenvalue weighted by Crippen LogP contribution is -2.33. The van der Waals surface area contributed by atoms with Crippen LogP contribution < -0.4 is 10.9 Å². The van der Waals surface area contributed by atoms with E-state index in [0.29, 0.717) is 17.8 Å². The van der Waals surface area contributed by atoms with Crippen molar-refractivity contribution in [2.75, 3.05) is 19.6 Å². The predicted octanol–water partition coefficient (Wildman–Crippen LogP) is 1.50. The molecule has 0 atom stereocenters. The van der Waals surface area contributed by atoms with E-state index in [1.54, 1.807) is 6.07 Å². The van der Waals surface area contributed by atoms with Crippen LogP contribution in [0.3, 0.4) is 0 Å². The van der Waals surface area contributed by atoms with E-state index in [-0.39, 0.29) is 5.56 Å². The van der Waals surface area contributed by atoms with Gasteiger partial charge in [0.1, 0.15) is 5.82 Å². The van der Waals surface area contributed by atoms with Gasteiger partial charge in [-0.3, -0.25) is 9.69 Å². The first kappa shape index (κ1) is 14.2. The Morgan fingerprint density at radius 2 is 2.19 bits per heavy atom. The van der Waals surface area contributed by atoms with Crippen molar-refractivity contribution >= 4 is 10.9 Å². The molecular formula is C16H22N4O. The van der Waals surface area contributed by atoms with E-state index >= 15 is 0 Å². The summed E-state index contributed by atoms with van der Waals surface area (Å²) in [7, 11) is 0. The van der Waals surface area contributed by atoms with Crippen LogP contribution in [0.4, 0.5) is 0 Å². The van der Waals surface area contributed by atoms with Crippen molar-refractivity contribution in [2.24, 2.45) is 0 Å². The summed E-state index contributed by atoms with van der Waals surface area (Å²) in [6.45, 7) is 5.89. The van der Waals surface area contributed by atoms with Gasteiger partial charge in [0.25, 0.3) is 5.56 Å². The molecule has 0 amide bonds. The molecule has 0 saturated heterocycles. The predicted molar refractivity (Wildman–Crippen MR) is 84.3 cm³/mol. The number of hydrogen-bond donors (Lipinski definition) is 2. The van der Waals surface area contributed by atoms with Crippen LogP contribution in [-0.2, 0) is 6.54 Å². The largest absolute Gasteiger partial charge is 0.309 e. The van der Waals surface area contributed by atoms with Crippen LogP contribution in [0.5, 0.6) is 0 Å². The van der Waals surface area contributed by atoms with Crippen molar-refractivity contribution in [1.29, 1.82) is 0 Å². The Morgan fingerprint density at radius 3 is 2.95 bits per heavy atom. The molecular weight excluding hydrogens is 264 g/mol. The zero-order valence-corrected chi connectivity index (χ0v) is 12.4. The molecule has 1 heterocycles. The van der Waals surface area contributed by atoms with Crippen molar-refractivity contribution in [3.05, 3.63) is 40.4 Å². The molecule has 2 aromatic rings. The fourth-order valence-corrected chi connectivity index (χ4v) is 2.69. The number of H-pyrrole nitrogens is 1. The van der Waals surface area contributed by atoms with Crippen LogP contribution in [0.1, 0.15) is 25.6 Å². The quantitative estimate of drug-likeness (QED) is 0.757. The molecule has 1 saturated carbocycles. The topological polar surface area (TPSA) is 61.0 Å². The Kier molecular flexibility index (Phi) is 4.31. The fraction of sp³-hybridized carbons (Fsp3) is 0.500. The molecule has 1 aromatic carbocycles. The second kappa shape index (κ2) is 6.37. The Labute approximate surface area is 124 Å². The SMILES string of the molecule is CCN(CCNCc1nc2ccccc2c(=O)[nH]1)C1CC1. The third-order valence-electron chi connectivity index (χ3n) is 4.00. The molecule has 5 nitrogen and oxygen atoms in total. The summed E-state index contributed by atoms with van der Waals surface area (Å²) < 4.78 is 0. The maximum Gasteiger partial charge on any atom is 0.258 e. The molecule has 2 N–H and O–H groups in total. The highest BCUT2D eigenvalue weighted by atomic mass is 16.1. The molecule has 1 aliphatic carbocycles. The first-order valence-electron chi connectivity index (χ1n) is 7.70. The normalized spacial score (nSPS) is 15.0. The Bertz CT molecular complexity index is 663. The van der Waals surface area contributed by atoms with Crippen molar-refractivity contribution < 1.29 is 0 Å². The molecule has 0 spiro atoms. The van der Waals surface area contributed by atoms with E-state index in [4.69, 9.17) is 0 Å². The Morgan fingerprint density at radius 1 is 1.38 bits per heavy atom. The molecule has 112 valence electrons. The molecule has 0 unspecified atom stereocenters. The van der Waals surface area contributed by atoms with Gasteiger partial charge in [-0.05, 0) is 31.5 Å². The van der Waals surface area contributed by atoms with Crippen LogP contribution in [0.25, 0.3) is 10.9 Å². The number of benzene rings is 1.